The van der Waals surface area contributed by atoms with Gasteiger partial charge in [-0.3, -0.25) is 4.79 Å². The van der Waals surface area contributed by atoms with Gasteiger partial charge in [0.2, 0.25) is 15.9 Å². The predicted molar refractivity (Wildman–Crippen MR) is 110 cm³/mol. The van der Waals surface area contributed by atoms with Crippen molar-refractivity contribution in [2.45, 2.75) is 17.9 Å². The number of rotatable bonds is 8. The van der Waals surface area contributed by atoms with Gasteiger partial charge in [-0.05, 0) is 17.2 Å². The van der Waals surface area contributed by atoms with Gasteiger partial charge in [-0.2, -0.15) is 0 Å². The lowest BCUT2D eigenvalue weighted by Crippen LogP contribution is -2.30. The van der Waals surface area contributed by atoms with Gasteiger partial charge in [-0.25, -0.2) is 13.1 Å². The summed E-state index contributed by atoms with van der Waals surface area (Å²) >= 11 is 0. The van der Waals surface area contributed by atoms with E-state index in [9.17, 15) is 13.2 Å². The maximum atomic E-state index is 12.7. The average Bonchev–Trinajstić information content (AvgIpc) is 2.73. The molecule has 0 spiro atoms. The molecule has 0 aliphatic carbocycles. The first-order valence-corrected chi connectivity index (χ1v) is 10.5. The molecule has 0 saturated heterocycles. The van der Waals surface area contributed by atoms with E-state index >= 15 is 0 Å². The van der Waals surface area contributed by atoms with E-state index < -0.39 is 10.0 Å². The average molecular weight is 394 g/mol. The van der Waals surface area contributed by atoms with E-state index in [-0.39, 0.29) is 23.8 Å². The first kappa shape index (κ1) is 19.8. The molecule has 5 nitrogen and oxygen atoms in total. The SMILES string of the molecule is O=C(CCNS(=O)(=O)c1ccccc1-c1ccccc1)NCc1ccccc1. The summed E-state index contributed by atoms with van der Waals surface area (Å²) in [5, 5.41) is 2.79. The summed E-state index contributed by atoms with van der Waals surface area (Å²) in [7, 11) is -3.73. The fraction of sp³-hybridized carbons (Fsp3) is 0.136. The number of benzene rings is 3. The van der Waals surface area contributed by atoms with Crippen LogP contribution >= 0.6 is 0 Å². The van der Waals surface area contributed by atoms with Crippen LogP contribution in [0, 0.1) is 0 Å². The zero-order valence-corrected chi connectivity index (χ0v) is 16.2. The highest BCUT2D eigenvalue weighted by Crippen LogP contribution is 2.26. The lowest BCUT2D eigenvalue weighted by atomic mass is 10.1. The minimum Gasteiger partial charge on any atom is -0.352 e. The molecule has 0 bridgehead atoms. The Bertz CT molecular complexity index is 1020. The molecule has 0 atom stereocenters. The van der Waals surface area contributed by atoms with Gasteiger partial charge in [0, 0.05) is 25.1 Å². The second kappa shape index (κ2) is 9.30. The maximum Gasteiger partial charge on any atom is 0.241 e. The molecule has 0 unspecified atom stereocenters. The Hall–Kier alpha value is -2.96. The lowest BCUT2D eigenvalue weighted by Gasteiger charge is -2.12. The Morgan fingerprint density at radius 1 is 0.786 bits per heavy atom. The van der Waals surface area contributed by atoms with Gasteiger partial charge < -0.3 is 5.32 Å². The highest BCUT2D eigenvalue weighted by atomic mass is 32.2. The van der Waals surface area contributed by atoms with Gasteiger partial charge in [0.25, 0.3) is 0 Å². The van der Waals surface area contributed by atoms with Crippen molar-refractivity contribution in [3.8, 4) is 11.1 Å². The zero-order chi connectivity index (χ0) is 19.8. The van der Waals surface area contributed by atoms with Crippen LogP contribution in [0.2, 0.25) is 0 Å². The number of sulfonamides is 1. The molecule has 0 saturated carbocycles. The Morgan fingerprint density at radius 2 is 1.39 bits per heavy atom. The van der Waals surface area contributed by atoms with E-state index in [1.807, 2.05) is 60.7 Å². The second-order valence-electron chi connectivity index (χ2n) is 6.27. The van der Waals surface area contributed by atoms with E-state index in [0.29, 0.717) is 12.1 Å². The van der Waals surface area contributed by atoms with Crippen molar-refractivity contribution < 1.29 is 13.2 Å². The van der Waals surface area contributed by atoms with Gasteiger partial charge in [0.05, 0.1) is 4.90 Å². The first-order chi connectivity index (χ1) is 13.6. The molecule has 0 radical (unpaired) electrons. The Labute approximate surface area is 165 Å². The highest BCUT2D eigenvalue weighted by molar-refractivity contribution is 7.89. The third-order valence-corrected chi connectivity index (χ3v) is 5.76. The largest absolute Gasteiger partial charge is 0.352 e. The summed E-state index contributed by atoms with van der Waals surface area (Å²) in [4.78, 5) is 12.2. The summed E-state index contributed by atoms with van der Waals surface area (Å²) in [5.74, 6) is -0.206. The smallest absolute Gasteiger partial charge is 0.241 e. The van der Waals surface area contributed by atoms with Gasteiger partial charge in [0.15, 0.2) is 0 Å². The Balaban J connectivity index is 1.60. The van der Waals surface area contributed by atoms with Gasteiger partial charge in [-0.15, -0.1) is 0 Å². The Kier molecular flexibility index (Phi) is 6.57. The van der Waals surface area contributed by atoms with E-state index in [1.54, 1.807) is 24.3 Å². The van der Waals surface area contributed by atoms with Crippen molar-refractivity contribution in [3.63, 3.8) is 0 Å². The number of amides is 1. The number of carbonyl (C=O) groups is 1. The molecule has 3 aromatic carbocycles. The molecule has 0 aliphatic rings. The van der Waals surface area contributed by atoms with E-state index in [4.69, 9.17) is 0 Å². The monoisotopic (exact) mass is 394 g/mol. The molecule has 28 heavy (non-hydrogen) atoms. The molecule has 1 amide bonds. The fourth-order valence-electron chi connectivity index (χ4n) is 2.82. The van der Waals surface area contributed by atoms with Crippen LogP contribution in [0.15, 0.2) is 89.8 Å². The number of carbonyl (C=O) groups excluding carboxylic acids is 1. The molecule has 0 aromatic heterocycles. The third kappa shape index (κ3) is 5.28. The molecule has 0 heterocycles. The van der Waals surface area contributed by atoms with Crippen molar-refractivity contribution in [1.29, 1.82) is 0 Å². The quantitative estimate of drug-likeness (QED) is 0.615. The van der Waals surface area contributed by atoms with Crippen LogP contribution in [-0.2, 0) is 21.4 Å². The summed E-state index contributed by atoms with van der Waals surface area (Å²) in [5.41, 5.74) is 2.45. The molecule has 2 N–H and O–H groups in total. The molecule has 6 heteroatoms. The van der Waals surface area contributed by atoms with Crippen molar-refractivity contribution >= 4 is 15.9 Å². The number of hydrogen-bond donors (Lipinski definition) is 2. The van der Waals surface area contributed by atoms with Gasteiger partial charge in [-0.1, -0.05) is 78.9 Å². The highest BCUT2D eigenvalue weighted by Gasteiger charge is 2.18. The van der Waals surface area contributed by atoms with Crippen molar-refractivity contribution in [1.82, 2.24) is 10.0 Å². The van der Waals surface area contributed by atoms with Crippen molar-refractivity contribution in [2.24, 2.45) is 0 Å². The minimum atomic E-state index is -3.73. The molecule has 144 valence electrons. The van der Waals surface area contributed by atoms with E-state index in [1.165, 1.54) is 0 Å². The summed E-state index contributed by atoms with van der Waals surface area (Å²) in [6.07, 6.45) is 0.0690. The summed E-state index contributed by atoms with van der Waals surface area (Å²) < 4.78 is 28.0. The standard InChI is InChI=1S/C22H22N2O3S/c25-22(23-17-18-9-3-1-4-10-18)15-16-24-28(26,27)21-14-8-7-13-20(21)19-11-5-2-6-12-19/h1-14,24H,15-17H2,(H,23,25). The molecule has 0 aliphatic heterocycles. The van der Waals surface area contributed by atoms with E-state index in [0.717, 1.165) is 11.1 Å². The normalized spacial score (nSPS) is 11.1. The fourth-order valence-corrected chi connectivity index (χ4v) is 4.08. The zero-order valence-electron chi connectivity index (χ0n) is 15.3. The van der Waals surface area contributed by atoms with Gasteiger partial charge >= 0.3 is 0 Å². The molecule has 3 aromatic rings. The van der Waals surface area contributed by atoms with Crippen LogP contribution in [0.4, 0.5) is 0 Å². The maximum absolute atomic E-state index is 12.7. The first-order valence-electron chi connectivity index (χ1n) is 9.01. The molecular weight excluding hydrogens is 372 g/mol. The predicted octanol–water partition coefficient (Wildman–Crippen LogP) is 3.34. The minimum absolute atomic E-state index is 0.0338. The molecule has 3 rings (SSSR count). The van der Waals surface area contributed by atoms with Crippen LogP contribution in [-0.4, -0.2) is 20.9 Å². The van der Waals surface area contributed by atoms with Crippen LogP contribution < -0.4 is 10.0 Å². The lowest BCUT2D eigenvalue weighted by molar-refractivity contribution is -0.121. The van der Waals surface area contributed by atoms with Crippen LogP contribution in [0.25, 0.3) is 11.1 Å². The summed E-state index contributed by atoms with van der Waals surface area (Å²) in [6.45, 7) is 0.454. The van der Waals surface area contributed by atoms with Crippen molar-refractivity contribution in [2.75, 3.05) is 6.54 Å². The molecular formula is C22H22N2O3S. The second-order valence-corrected chi connectivity index (χ2v) is 8.01. The number of nitrogens with one attached hydrogen (secondary N) is 2. The third-order valence-electron chi connectivity index (χ3n) is 4.24. The topological polar surface area (TPSA) is 75.3 Å². The van der Waals surface area contributed by atoms with Crippen LogP contribution in [0.5, 0.6) is 0 Å². The summed E-state index contributed by atoms with van der Waals surface area (Å²) in [6, 6.07) is 25.7. The van der Waals surface area contributed by atoms with E-state index in [2.05, 4.69) is 10.0 Å². The Morgan fingerprint density at radius 3 is 2.11 bits per heavy atom. The number of hydrogen-bond acceptors (Lipinski definition) is 3. The van der Waals surface area contributed by atoms with Crippen molar-refractivity contribution in [3.05, 3.63) is 90.5 Å². The van der Waals surface area contributed by atoms with Crippen LogP contribution in [0.3, 0.4) is 0 Å². The van der Waals surface area contributed by atoms with Crippen LogP contribution in [0.1, 0.15) is 12.0 Å². The van der Waals surface area contributed by atoms with Gasteiger partial charge in [0.1, 0.15) is 0 Å². The molecule has 0 fully saturated rings.